The molecule has 0 radical (unpaired) electrons. The van der Waals surface area contributed by atoms with Crippen molar-refractivity contribution in [3.8, 4) is 0 Å². The highest BCUT2D eigenvalue weighted by Crippen LogP contribution is 2.17. The number of unbranched alkanes of at least 4 members (excludes halogenated alkanes) is 2. The summed E-state index contributed by atoms with van der Waals surface area (Å²) in [7, 11) is 0. The lowest BCUT2D eigenvalue weighted by Gasteiger charge is -2.18. The lowest BCUT2D eigenvalue weighted by atomic mass is 10.0. The van der Waals surface area contributed by atoms with Crippen LogP contribution in [0.4, 0.5) is 0 Å². The zero-order valence-corrected chi connectivity index (χ0v) is 12.1. The van der Waals surface area contributed by atoms with Crippen LogP contribution in [0.15, 0.2) is 47.7 Å². The van der Waals surface area contributed by atoms with Crippen LogP contribution in [0.5, 0.6) is 0 Å². The molecule has 1 aliphatic carbocycles. The van der Waals surface area contributed by atoms with E-state index in [0.29, 0.717) is 6.04 Å². The molecule has 1 aliphatic rings. The van der Waals surface area contributed by atoms with E-state index in [1.807, 2.05) is 0 Å². The van der Waals surface area contributed by atoms with Gasteiger partial charge >= 0.3 is 0 Å². The standard InChI is InChI=1S/C17H27N/c1-4-6-9-12-16-13-10-7-8-11-14-17(16)18-15(3)5-2/h7-8,10-11,13-15,18H,4-6,9,12H2,1-3H3/b8-7-,10-7?,11-8?,13-10?,14-11+,16-13?,17-14?,17-16?/t15-/m0/s1. The van der Waals surface area contributed by atoms with Crippen molar-refractivity contribution in [1.82, 2.24) is 5.32 Å². The van der Waals surface area contributed by atoms with Gasteiger partial charge in [0.25, 0.3) is 0 Å². The van der Waals surface area contributed by atoms with Crippen LogP contribution in [0, 0.1) is 0 Å². The molecular formula is C17H27N. The number of rotatable bonds is 7. The molecule has 0 amide bonds. The fourth-order valence-corrected chi connectivity index (χ4v) is 1.94. The average Bonchev–Trinajstić information content (AvgIpc) is 2.36. The van der Waals surface area contributed by atoms with Gasteiger partial charge in [0.1, 0.15) is 0 Å². The van der Waals surface area contributed by atoms with Crippen LogP contribution in [0.2, 0.25) is 0 Å². The Morgan fingerprint density at radius 2 is 1.72 bits per heavy atom. The minimum absolute atomic E-state index is 0.530. The maximum absolute atomic E-state index is 3.62. The van der Waals surface area contributed by atoms with E-state index in [0.717, 1.165) is 6.42 Å². The van der Waals surface area contributed by atoms with E-state index in [1.165, 1.54) is 37.0 Å². The first-order chi connectivity index (χ1) is 8.77. The summed E-state index contributed by atoms with van der Waals surface area (Å²) >= 11 is 0. The summed E-state index contributed by atoms with van der Waals surface area (Å²) in [4.78, 5) is 0. The van der Waals surface area contributed by atoms with Gasteiger partial charge in [0.15, 0.2) is 0 Å². The molecule has 0 saturated heterocycles. The van der Waals surface area contributed by atoms with E-state index < -0.39 is 0 Å². The van der Waals surface area contributed by atoms with Crippen LogP contribution in [-0.4, -0.2) is 6.04 Å². The van der Waals surface area contributed by atoms with E-state index >= 15 is 0 Å². The summed E-state index contributed by atoms with van der Waals surface area (Å²) < 4.78 is 0. The first-order valence-corrected chi connectivity index (χ1v) is 7.29. The van der Waals surface area contributed by atoms with E-state index in [4.69, 9.17) is 0 Å². The van der Waals surface area contributed by atoms with Crippen molar-refractivity contribution in [2.75, 3.05) is 0 Å². The number of hydrogen-bond donors (Lipinski definition) is 1. The highest BCUT2D eigenvalue weighted by Gasteiger charge is 2.05. The van der Waals surface area contributed by atoms with Crippen molar-refractivity contribution in [3.05, 3.63) is 47.7 Å². The zero-order chi connectivity index (χ0) is 13.2. The van der Waals surface area contributed by atoms with E-state index in [2.05, 4.69) is 62.5 Å². The molecule has 1 rings (SSSR count). The van der Waals surface area contributed by atoms with Gasteiger partial charge in [-0.25, -0.2) is 0 Å². The number of hydrogen-bond acceptors (Lipinski definition) is 1. The molecule has 0 saturated carbocycles. The predicted molar refractivity (Wildman–Crippen MR) is 81.5 cm³/mol. The number of nitrogens with one attached hydrogen (secondary N) is 1. The SMILES string of the molecule is CCCCCC1=C(N[C@@H](C)CC)/C=C/C=C\C=C1. The summed E-state index contributed by atoms with van der Waals surface area (Å²) in [5.74, 6) is 0. The van der Waals surface area contributed by atoms with E-state index in [-0.39, 0.29) is 0 Å². The molecule has 0 spiro atoms. The third-order valence-electron chi connectivity index (χ3n) is 3.30. The quantitative estimate of drug-likeness (QED) is 0.630. The third kappa shape index (κ3) is 5.39. The zero-order valence-electron chi connectivity index (χ0n) is 12.1. The molecule has 0 unspecified atom stereocenters. The largest absolute Gasteiger partial charge is 0.382 e. The van der Waals surface area contributed by atoms with Crippen LogP contribution in [0.3, 0.4) is 0 Å². The van der Waals surface area contributed by atoms with Crippen molar-refractivity contribution in [2.24, 2.45) is 0 Å². The summed E-state index contributed by atoms with van der Waals surface area (Å²) in [6.07, 6.45) is 19.1. The normalized spacial score (nSPS) is 20.2. The lowest BCUT2D eigenvalue weighted by molar-refractivity contribution is 0.597. The molecule has 0 bridgehead atoms. The molecule has 0 fully saturated rings. The maximum Gasteiger partial charge on any atom is 0.0374 e. The van der Waals surface area contributed by atoms with Gasteiger partial charge in [-0.15, -0.1) is 0 Å². The Bertz CT molecular complexity index is 345. The summed E-state index contributed by atoms with van der Waals surface area (Å²) in [5, 5.41) is 3.62. The molecule has 1 N–H and O–H groups in total. The van der Waals surface area contributed by atoms with Gasteiger partial charge < -0.3 is 5.32 Å². The minimum atomic E-state index is 0.530. The molecule has 0 aliphatic heterocycles. The second-order valence-corrected chi connectivity index (χ2v) is 4.95. The van der Waals surface area contributed by atoms with Crippen molar-refractivity contribution < 1.29 is 0 Å². The first-order valence-electron chi connectivity index (χ1n) is 7.29. The summed E-state index contributed by atoms with van der Waals surface area (Å²) in [5.41, 5.74) is 2.73. The van der Waals surface area contributed by atoms with Crippen LogP contribution < -0.4 is 5.32 Å². The molecule has 1 atom stereocenters. The first kappa shape index (κ1) is 14.8. The third-order valence-corrected chi connectivity index (χ3v) is 3.30. The fourth-order valence-electron chi connectivity index (χ4n) is 1.94. The van der Waals surface area contributed by atoms with Gasteiger partial charge in [0.05, 0.1) is 0 Å². The van der Waals surface area contributed by atoms with Gasteiger partial charge in [-0.2, -0.15) is 0 Å². The van der Waals surface area contributed by atoms with Crippen LogP contribution in [0.1, 0.15) is 52.9 Å². The van der Waals surface area contributed by atoms with Crippen LogP contribution in [-0.2, 0) is 0 Å². The summed E-state index contributed by atoms with van der Waals surface area (Å²) in [6.45, 7) is 6.71. The molecule has 18 heavy (non-hydrogen) atoms. The second-order valence-electron chi connectivity index (χ2n) is 4.95. The Hall–Kier alpha value is -1.24. The van der Waals surface area contributed by atoms with Crippen molar-refractivity contribution >= 4 is 0 Å². The van der Waals surface area contributed by atoms with E-state index in [9.17, 15) is 0 Å². The molecule has 1 nitrogen and oxygen atoms in total. The Kier molecular flexibility index (Phi) is 7.24. The van der Waals surface area contributed by atoms with Gasteiger partial charge in [0, 0.05) is 11.7 Å². The Morgan fingerprint density at radius 1 is 1.00 bits per heavy atom. The predicted octanol–water partition coefficient (Wildman–Crippen LogP) is 4.89. The molecule has 0 aromatic heterocycles. The lowest BCUT2D eigenvalue weighted by Crippen LogP contribution is -2.24. The molecule has 0 heterocycles. The van der Waals surface area contributed by atoms with Crippen molar-refractivity contribution in [2.45, 2.75) is 58.9 Å². The van der Waals surface area contributed by atoms with Gasteiger partial charge in [-0.1, -0.05) is 57.1 Å². The minimum Gasteiger partial charge on any atom is -0.382 e. The Balaban J connectivity index is 2.78. The monoisotopic (exact) mass is 245 g/mol. The Morgan fingerprint density at radius 3 is 2.39 bits per heavy atom. The topological polar surface area (TPSA) is 12.0 Å². The Labute approximate surface area is 112 Å². The van der Waals surface area contributed by atoms with Gasteiger partial charge in [0.2, 0.25) is 0 Å². The highest BCUT2D eigenvalue weighted by atomic mass is 14.9. The maximum atomic E-state index is 3.62. The molecule has 0 aromatic rings. The highest BCUT2D eigenvalue weighted by molar-refractivity contribution is 5.37. The van der Waals surface area contributed by atoms with Gasteiger partial charge in [-0.3, -0.25) is 0 Å². The van der Waals surface area contributed by atoms with Crippen LogP contribution >= 0.6 is 0 Å². The van der Waals surface area contributed by atoms with E-state index in [1.54, 1.807) is 0 Å². The smallest absolute Gasteiger partial charge is 0.0374 e. The number of allylic oxidation sites excluding steroid dienone is 7. The van der Waals surface area contributed by atoms with Crippen molar-refractivity contribution in [3.63, 3.8) is 0 Å². The summed E-state index contributed by atoms with van der Waals surface area (Å²) in [6, 6.07) is 0.530. The molecule has 0 aromatic carbocycles. The van der Waals surface area contributed by atoms with Crippen LogP contribution in [0.25, 0.3) is 0 Å². The van der Waals surface area contributed by atoms with Gasteiger partial charge in [-0.05, 0) is 37.8 Å². The molecule has 100 valence electrons. The fraction of sp³-hybridized carbons (Fsp3) is 0.529. The molecular weight excluding hydrogens is 218 g/mol. The molecule has 1 heteroatoms. The second kappa shape index (κ2) is 8.79. The van der Waals surface area contributed by atoms with Crippen molar-refractivity contribution in [1.29, 1.82) is 0 Å². The average molecular weight is 245 g/mol.